The van der Waals surface area contributed by atoms with Crippen LogP contribution in [0.25, 0.3) is 0 Å². The third kappa shape index (κ3) is 2.48. The third-order valence-electron chi connectivity index (χ3n) is 2.99. The van der Waals surface area contributed by atoms with Crippen molar-refractivity contribution in [3.63, 3.8) is 0 Å². The minimum atomic E-state index is -3.52. The van der Waals surface area contributed by atoms with Gasteiger partial charge in [0.05, 0.1) is 16.5 Å². The van der Waals surface area contributed by atoms with Crippen molar-refractivity contribution in [2.75, 3.05) is 0 Å². The summed E-state index contributed by atoms with van der Waals surface area (Å²) in [5, 5.41) is 8.80. The normalized spacial score (nSPS) is 17.5. The molecule has 1 aliphatic rings. The third-order valence-corrected chi connectivity index (χ3v) is 4.77. The van der Waals surface area contributed by atoms with Gasteiger partial charge in [0.1, 0.15) is 0 Å². The first-order chi connectivity index (χ1) is 7.86. The molecule has 0 aromatic heterocycles. The summed E-state index contributed by atoms with van der Waals surface area (Å²) in [4.78, 5) is 0.199. The predicted octanol–water partition coefficient (Wildman–Crippen LogP) is 1.70. The summed E-state index contributed by atoms with van der Waals surface area (Å²) in [6, 6.07) is 6.65. The Morgan fingerprint density at radius 2 is 2.06 bits per heavy atom. The van der Waals surface area contributed by atoms with E-state index >= 15 is 0 Å². The Labute approximate surface area is 101 Å². The second-order valence-corrected chi connectivity index (χ2v) is 6.41. The van der Waals surface area contributed by atoms with Crippen LogP contribution >= 0.6 is 0 Å². The Hall–Kier alpha value is -1.38. The first-order valence-corrected chi connectivity index (χ1v) is 6.89. The van der Waals surface area contributed by atoms with Gasteiger partial charge in [0.2, 0.25) is 10.0 Å². The zero-order valence-electron chi connectivity index (χ0n) is 9.82. The largest absolute Gasteiger partial charge is 0.241 e. The fraction of sp³-hybridized carbons (Fsp3) is 0.417. The molecule has 90 valence electrons. The molecule has 0 saturated heterocycles. The molecule has 0 atom stereocenters. The van der Waals surface area contributed by atoms with Crippen LogP contribution in [0.3, 0.4) is 0 Å². The van der Waals surface area contributed by atoms with E-state index in [4.69, 9.17) is 5.26 Å². The monoisotopic (exact) mass is 250 g/mol. The fourth-order valence-electron chi connectivity index (χ4n) is 1.63. The minimum Gasteiger partial charge on any atom is -0.207 e. The molecular weight excluding hydrogens is 236 g/mol. The molecule has 1 saturated carbocycles. The average molecular weight is 250 g/mol. The SMILES string of the molecule is Cc1ccc(C#N)cc1S(=O)(=O)NC1(C)CC1. The van der Waals surface area contributed by atoms with Gasteiger partial charge < -0.3 is 0 Å². The van der Waals surface area contributed by atoms with Gasteiger partial charge in [-0.05, 0) is 44.4 Å². The van der Waals surface area contributed by atoms with Crippen molar-refractivity contribution in [1.29, 1.82) is 5.26 Å². The van der Waals surface area contributed by atoms with E-state index in [-0.39, 0.29) is 10.4 Å². The number of hydrogen-bond acceptors (Lipinski definition) is 3. The van der Waals surface area contributed by atoms with E-state index in [0.717, 1.165) is 12.8 Å². The Morgan fingerprint density at radius 3 is 2.59 bits per heavy atom. The molecule has 4 nitrogen and oxygen atoms in total. The summed E-state index contributed by atoms with van der Waals surface area (Å²) in [6.07, 6.45) is 1.73. The van der Waals surface area contributed by atoms with Crippen LogP contribution in [0, 0.1) is 18.3 Å². The van der Waals surface area contributed by atoms with Gasteiger partial charge in [-0.25, -0.2) is 13.1 Å². The van der Waals surface area contributed by atoms with Gasteiger partial charge in [0, 0.05) is 5.54 Å². The van der Waals surface area contributed by atoms with Crippen LogP contribution in [0.1, 0.15) is 30.9 Å². The molecule has 0 amide bonds. The second-order valence-electron chi connectivity index (χ2n) is 4.76. The van der Waals surface area contributed by atoms with E-state index in [2.05, 4.69) is 4.72 Å². The van der Waals surface area contributed by atoms with E-state index in [9.17, 15) is 8.42 Å². The van der Waals surface area contributed by atoms with Crippen molar-refractivity contribution in [2.24, 2.45) is 0 Å². The van der Waals surface area contributed by atoms with Crippen LogP contribution in [0.5, 0.6) is 0 Å². The lowest BCUT2D eigenvalue weighted by atomic mass is 10.2. The molecule has 0 bridgehead atoms. The number of hydrogen-bond donors (Lipinski definition) is 1. The molecule has 17 heavy (non-hydrogen) atoms. The summed E-state index contributed by atoms with van der Waals surface area (Å²) in [7, 11) is -3.52. The van der Waals surface area contributed by atoms with Crippen molar-refractivity contribution < 1.29 is 8.42 Å². The summed E-state index contributed by atoms with van der Waals surface area (Å²) < 4.78 is 27.0. The zero-order valence-corrected chi connectivity index (χ0v) is 10.6. The van der Waals surface area contributed by atoms with Gasteiger partial charge in [0.15, 0.2) is 0 Å². The van der Waals surface area contributed by atoms with Crippen LogP contribution in [0.15, 0.2) is 23.1 Å². The molecule has 1 N–H and O–H groups in total. The topological polar surface area (TPSA) is 70.0 Å². The molecule has 1 aromatic rings. The average Bonchev–Trinajstić information content (AvgIpc) is 2.95. The van der Waals surface area contributed by atoms with E-state index in [1.807, 2.05) is 13.0 Å². The van der Waals surface area contributed by atoms with E-state index < -0.39 is 10.0 Å². The Bertz CT molecular complexity index is 595. The number of benzene rings is 1. The molecule has 0 spiro atoms. The minimum absolute atomic E-state index is 0.199. The maximum atomic E-state index is 12.2. The van der Waals surface area contributed by atoms with Crippen LogP contribution in [-0.2, 0) is 10.0 Å². The van der Waals surface area contributed by atoms with Gasteiger partial charge in [-0.2, -0.15) is 5.26 Å². The van der Waals surface area contributed by atoms with E-state index in [1.54, 1.807) is 19.1 Å². The molecule has 0 unspecified atom stereocenters. The smallest absolute Gasteiger partial charge is 0.207 e. The molecule has 5 heteroatoms. The maximum Gasteiger partial charge on any atom is 0.241 e. The number of nitrogens with one attached hydrogen (secondary N) is 1. The van der Waals surface area contributed by atoms with Crippen LogP contribution in [0.2, 0.25) is 0 Å². The number of aryl methyl sites for hydroxylation is 1. The second kappa shape index (κ2) is 3.83. The van der Waals surface area contributed by atoms with Gasteiger partial charge >= 0.3 is 0 Å². The Morgan fingerprint density at radius 1 is 1.41 bits per heavy atom. The molecule has 2 rings (SSSR count). The van der Waals surface area contributed by atoms with Crippen LogP contribution < -0.4 is 4.72 Å². The number of rotatable bonds is 3. The van der Waals surface area contributed by atoms with Gasteiger partial charge in [-0.3, -0.25) is 0 Å². The molecule has 0 radical (unpaired) electrons. The molecule has 1 fully saturated rings. The van der Waals surface area contributed by atoms with Crippen LogP contribution in [-0.4, -0.2) is 14.0 Å². The maximum absolute atomic E-state index is 12.2. The highest BCUT2D eigenvalue weighted by atomic mass is 32.2. The first kappa shape index (κ1) is 12.1. The molecular formula is C12H14N2O2S. The highest BCUT2D eigenvalue weighted by Gasteiger charge is 2.41. The lowest BCUT2D eigenvalue weighted by Gasteiger charge is -2.13. The van der Waals surface area contributed by atoms with Gasteiger partial charge in [0.25, 0.3) is 0 Å². The summed E-state index contributed by atoms with van der Waals surface area (Å²) in [6.45, 7) is 3.61. The fourth-order valence-corrected chi connectivity index (χ4v) is 3.36. The molecule has 1 aliphatic carbocycles. The summed E-state index contributed by atoms with van der Waals surface area (Å²) in [5.41, 5.74) is 0.714. The Balaban J connectivity index is 2.42. The summed E-state index contributed by atoms with van der Waals surface area (Å²) in [5.74, 6) is 0. The van der Waals surface area contributed by atoms with E-state index in [0.29, 0.717) is 11.1 Å². The molecule has 1 aromatic carbocycles. The quantitative estimate of drug-likeness (QED) is 0.887. The van der Waals surface area contributed by atoms with Crippen LogP contribution in [0.4, 0.5) is 0 Å². The Kier molecular flexibility index (Phi) is 2.72. The number of nitrogens with zero attached hydrogens (tertiary/aromatic N) is 1. The van der Waals surface area contributed by atoms with Crippen molar-refractivity contribution in [3.05, 3.63) is 29.3 Å². The summed E-state index contributed by atoms with van der Waals surface area (Å²) >= 11 is 0. The van der Waals surface area contributed by atoms with Gasteiger partial charge in [-0.1, -0.05) is 6.07 Å². The van der Waals surface area contributed by atoms with Crippen molar-refractivity contribution in [3.8, 4) is 6.07 Å². The highest BCUT2D eigenvalue weighted by molar-refractivity contribution is 7.89. The molecule has 0 heterocycles. The van der Waals surface area contributed by atoms with Crippen molar-refractivity contribution in [1.82, 2.24) is 4.72 Å². The van der Waals surface area contributed by atoms with Crippen molar-refractivity contribution in [2.45, 2.75) is 37.1 Å². The van der Waals surface area contributed by atoms with Gasteiger partial charge in [-0.15, -0.1) is 0 Å². The lowest BCUT2D eigenvalue weighted by molar-refractivity contribution is 0.557. The first-order valence-electron chi connectivity index (χ1n) is 5.41. The van der Waals surface area contributed by atoms with Crippen molar-refractivity contribution >= 4 is 10.0 Å². The number of sulfonamides is 1. The predicted molar refractivity (Wildman–Crippen MR) is 63.9 cm³/mol. The standard InChI is InChI=1S/C12H14N2O2S/c1-9-3-4-10(8-13)7-11(9)17(15,16)14-12(2)5-6-12/h3-4,7,14H,5-6H2,1-2H3. The molecule has 0 aliphatic heterocycles. The number of nitriles is 1. The highest BCUT2D eigenvalue weighted by Crippen LogP contribution is 2.36. The van der Waals surface area contributed by atoms with E-state index in [1.165, 1.54) is 6.07 Å². The zero-order chi connectivity index (χ0) is 12.7. The lowest BCUT2D eigenvalue weighted by Crippen LogP contribution is -2.34.